The Bertz CT molecular complexity index is 698. The van der Waals surface area contributed by atoms with Crippen LogP contribution in [0.25, 0.3) is 11.1 Å². The number of carboxylic acid groups (broad SMARTS) is 1. The number of aromatic nitrogens is 1. The van der Waals surface area contributed by atoms with Gasteiger partial charge in [0, 0.05) is 0 Å². The highest BCUT2D eigenvalue weighted by atomic mass is 32.2. The smallest absolute Gasteiger partial charge is 0.371 e. The summed E-state index contributed by atoms with van der Waals surface area (Å²) in [4.78, 5) is 15.0. The average molecular weight is 275 g/mol. The van der Waals surface area contributed by atoms with E-state index in [0.717, 1.165) is 11.1 Å². The van der Waals surface area contributed by atoms with Crippen molar-refractivity contribution in [1.82, 2.24) is 4.98 Å². The number of hydrogen-bond acceptors (Lipinski definition) is 5. The van der Waals surface area contributed by atoms with Gasteiger partial charge >= 0.3 is 5.97 Å². The Balaban J connectivity index is 1.72. The second kappa shape index (κ2) is 4.81. The number of furan rings is 1. The SMILES string of the molecule is O=C(O)c1ccc(SCc2nc3ccccc3o2)o1. The van der Waals surface area contributed by atoms with Gasteiger partial charge in [0.05, 0.1) is 5.75 Å². The number of aromatic carboxylic acids is 1. The Morgan fingerprint density at radius 1 is 1.21 bits per heavy atom. The monoisotopic (exact) mass is 275 g/mol. The Kier molecular flexibility index (Phi) is 3.00. The van der Waals surface area contributed by atoms with Crippen molar-refractivity contribution in [2.45, 2.75) is 10.8 Å². The van der Waals surface area contributed by atoms with Crippen LogP contribution in [0.2, 0.25) is 0 Å². The maximum Gasteiger partial charge on any atom is 0.371 e. The van der Waals surface area contributed by atoms with E-state index in [9.17, 15) is 4.79 Å². The van der Waals surface area contributed by atoms with Crippen molar-refractivity contribution in [2.24, 2.45) is 0 Å². The highest BCUT2D eigenvalue weighted by molar-refractivity contribution is 7.98. The molecule has 1 N–H and O–H groups in total. The maximum atomic E-state index is 10.7. The molecule has 0 bridgehead atoms. The predicted molar refractivity (Wildman–Crippen MR) is 69.2 cm³/mol. The van der Waals surface area contributed by atoms with E-state index in [0.29, 0.717) is 16.7 Å². The van der Waals surface area contributed by atoms with Gasteiger partial charge in [-0.3, -0.25) is 0 Å². The van der Waals surface area contributed by atoms with Gasteiger partial charge in [-0.05, 0) is 24.3 Å². The number of carbonyl (C=O) groups is 1. The molecule has 0 spiro atoms. The van der Waals surface area contributed by atoms with Crippen molar-refractivity contribution < 1.29 is 18.7 Å². The predicted octanol–water partition coefficient (Wildman–Crippen LogP) is 3.41. The molecule has 1 aromatic carbocycles. The largest absolute Gasteiger partial charge is 0.475 e. The topological polar surface area (TPSA) is 76.5 Å². The zero-order valence-corrected chi connectivity index (χ0v) is 10.5. The van der Waals surface area contributed by atoms with E-state index in [-0.39, 0.29) is 5.76 Å². The first-order valence-corrected chi connectivity index (χ1v) is 6.51. The van der Waals surface area contributed by atoms with Gasteiger partial charge in [0.1, 0.15) is 5.52 Å². The summed E-state index contributed by atoms with van der Waals surface area (Å²) in [5.74, 6) is -0.0744. The van der Waals surface area contributed by atoms with E-state index >= 15 is 0 Å². The molecular formula is C13H9NO4S. The molecule has 2 aromatic heterocycles. The van der Waals surface area contributed by atoms with Crippen molar-refractivity contribution in [2.75, 3.05) is 0 Å². The van der Waals surface area contributed by atoms with Gasteiger partial charge in [-0.15, -0.1) is 0 Å². The van der Waals surface area contributed by atoms with Crippen molar-refractivity contribution in [3.05, 3.63) is 48.0 Å². The minimum absolute atomic E-state index is 0.0694. The molecule has 0 saturated carbocycles. The second-order valence-corrected chi connectivity index (χ2v) is 4.77. The number of fused-ring (bicyclic) bond motifs is 1. The summed E-state index contributed by atoms with van der Waals surface area (Å²) >= 11 is 1.34. The van der Waals surface area contributed by atoms with Gasteiger partial charge in [-0.1, -0.05) is 23.9 Å². The molecule has 0 aliphatic rings. The third-order valence-corrected chi connectivity index (χ3v) is 3.36. The molecule has 19 heavy (non-hydrogen) atoms. The minimum Gasteiger partial charge on any atom is -0.475 e. The molecule has 2 heterocycles. The third-order valence-electron chi connectivity index (χ3n) is 2.47. The number of oxazole rings is 1. The first kappa shape index (κ1) is 11.9. The van der Waals surface area contributed by atoms with Gasteiger partial charge < -0.3 is 13.9 Å². The molecule has 0 aliphatic heterocycles. The molecular weight excluding hydrogens is 266 g/mol. The molecule has 96 valence electrons. The Labute approximate surface area is 112 Å². The molecule has 5 nitrogen and oxygen atoms in total. The van der Waals surface area contributed by atoms with E-state index in [1.807, 2.05) is 24.3 Å². The highest BCUT2D eigenvalue weighted by Gasteiger charge is 2.11. The van der Waals surface area contributed by atoms with Crippen LogP contribution in [-0.2, 0) is 5.75 Å². The summed E-state index contributed by atoms with van der Waals surface area (Å²) in [6.07, 6.45) is 0. The van der Waals surface area contributed by atoms with Crippen LogP contribution in [-0.4, -0.2) is 16.1 Å². The van der Waals surface area contributed by atoms with Crippen LogP contribution in [0, 0.1) is 0 Å². The Morgan fingerprint density at radius 3 is 2.79 bits per heavy atom. The maximum absolute atomic E-state index is 10.7. The fraction of sp³-hybridized carbons (Fsp3) is 0.0769. The van der Waals surface area contributed by atoms with Gasteiger partial charge in [0.15, 0.2) is 10.7 Å². The molecule has 6 heteroatoms. The second-order valence-electron chi connectivity index (χ2n) is 3.79. The quantitative estimate of drug-likeness (QED) is 0.735. The lowest BCUT2D eigenvalue weighted by atomic mass is 10.3. The number of nitrogens with zero attached hydrogens (tertiary/aromatic N) is 1. The van der Waals surface area contributed by atoms with Crippen molar-refractivity contribution in [3.8, 4) is 0 Å². The van der Waals surface area contributed by atoms with Gasteiger partial charge in [-0.2, -0.15) is 0 Å². The zero-order chi connectivity index (χ0) is 13.2. The summed E-state index contributed by atoms with van der Waals surface area (Å²) in [5.41, 5.74) is 1.55. The molecule has 0 unspecified atom stereocenters. The van der Waals surface area contributed by atoms with E-state index in [1.165, 1.54) is 17.8 Å². The van der Waals surface area contributed by atoms with Crippen LogP contribution < -0.4 is 0 Å². The highest BCUT2D eigenvalue weighted by Crippen LogP contribution is 2.26. The van der Waals surface area contributed by atoms with E-state index in [2.05, 4.69) is 4.98 Å². The summed E-state index contributed by atoms with van der Waals surface area (Å²) in [6, 6.07) is 10.6. The molecule has 3 rings (SSSR count). The van der Waals surface area contributed by atoms with Crippen LogP contribution in [0.3, 0.4) is 0 Å². The van der Waals surface area contributed by atoms with Crippen LogP contribution in [0.1, 0.15) is 16.4 Å². The number of hydrogen-bond donors (Lipinski definition) is 1. The number of rotatable bonds is 4. The third kappa shape index (κ3) is 2.48. The number of thioether (sulfide) groups is 1. The Hall–Kier alpha value is -2.21. The summed E-state index contributed by atoms with van der Waals surface area (Å²) in [7, 11) is 0. The lowest BCUT2D eigenvalue weighted by Gasteiger charge is -1.92. The van der Waals surface area contributed by atoms with E-state index in [4.69, 9.17) is 13.9 Å². The standard InChI is InChI=1S/C13H9NO4S/c15-13(16)10-5-6-12(18-10)19-7-11-14-8-3-1-2-4-9(8)17-11/h1-6H,7H2,(H,15,16). The molecule has 0 aliphatic carbocycles. The number of carboxylic acids is 1. The first-order chi connectivity index (χ1) is 9.22. The van der Waals surface area contributed by atoms with Crippen molar-refractivity contribution >= 4 is 28.8 Å². The summed E-state index contributed by atoms with van der Waals surface area (Å²) < 4.78 is 10.7. The van der Waals surface area contributed by atoms with Crippen LogP contribution in [0.4, 0.5) is 0 Å². The normalized spacial score (nSPS) is 10.9. The zero-order valence-electron chi connectivity index (χ0n) is 9.70. The summed E-state index contributed by atoms with van der Waals surface area (Å²) in [6.45, 7) is 0. The van der Waals surface area contributed by atoms with Gasteiger partial charge in [0.2, 0.25) is 11.7 Å². The fourth-order valence-corrected chi connectivity index (χ4v) is 2.33. The van der Waals surface area contributed by atoms with Crippen LogP contribution in [0.15, 0.2) is 50.3 Å². The number of para-hydroxylation sites is 2. The van der Waals surface area contributed by atoms with Crippen LogP contribution >= 0.6 is 11.8 Å². The summed E-state index contributed by atoms with van der Waals surface area (Å²) in [5, 5.41) is 9.27. The van der Waals surface area contributed by atoms with Gasteiger partial charge in [-0.25, -0.2) is 9.78 Å². The lowest BCUT2D eigenvalue weighted by molar-refractivity contribution is 0.0656. The van der Waals surface area contributed by atoms with E-state index < -0.39 is 5.97 Å². The van der Waals surface area contributed by atoms with Crippen LogP contribution in [0.5, 0.6) is 0 Å². The lowest BCUT2D eigenvalue weighted by Crippen LogP contribution is -1.91. The van der Waals surface area contributed by atoms with Crippen molar-refractivity contribution in [1.29, 1.82) is 0 Å². The molecule has 3 aromatic rings. The average Bonchev–Trinajstić information content (AvgIpc) is 3.02. The van der Waals surface area contributed by atoms with Crippen molar-refractivity contribution in [3.63, 3.8) is 0 Å². The first-order valence-electron chi connectivity index (χ1n) is 5.53. The minimum atomic E-state index is -1.08. The molecule has 0 fully saturated rings. The number of benzene rings is 1. The fourth-order valence-electron chi connectivity index (χ4n) is 1.63. The Morgan fingerprint density at radius 2 is 2.05 bits per heavy atom. The molecule has 0 amide bonds. The molecule has 0 atom stereocenters. The molecule has 0 radical (unpaired) electrons. The van der Waals surface area contributed by atoms with E-state index in [1.54, 1.807) is 6.07 Å². The molecule has 0 saturated heterocycles. The van der Waals surface area contributed by atoms with Gasteiger partial charge in [0.25, 0.3) is 0 Å².